The van der Waals surface area contributed by atoms with Crippen LogP contribution < -0.4 is 14.8 Å². The van der Waals surface area contributed by atoms with Crippen molar-refractivity contribution >= 4 is 22.4 Å². The summed E-state index contributed by atoms with van der Waals surface area (Å²) in [4.78, 5) is 17.2. The third-order valence-corrected chi connectivity index (χ3v) is 3.28. The van der Waals surface area contributed by atoms with Crippen LogP contribution in [0.5, 0.6) is 11.5 Å². The summed E-state index contributed by atoms with van der Waals surface area (Å²) in [6.45, 7) is 1.93. The van der Waals surface area contributed by atoms with E-state index in [9.17, 15) is 4.79 Å². The molecular weight excluding hydrogens is 264 g/mol. The number of aromatic nitrogens is 1. The highest BCUT2D eigenvalue weighted by Gasteiger charge is 2.11. The lowest BCUT2D eigenvalue weighted by molar-refractivity contribution is 0.102. The molecule has 1 aromatic carbocycles. The van der Waals surface area contributed by atoms with Crippen LogP contribution in [0.25, 0.3) is 0 Å². The molecule has 19 heavy (non-hydrogen) atoms. The number of nitrogens with one attached hydrogen (secondary N) is 1. The van der Waals surface area contributed by atoms with E-state index in [0.29, 0.717) is 22.2 Å². The number of ether oxygens (including phenoxy) is 2. The molecule has 6 heteroatoms. The average Bonchev–Trinajstić information content (AvgIpc) is 2.83. The van der Waals surface area contributed by atoms with Crippen molar-refractivity contribution in [1.29, 1.82) is 0 Å². The van der Waals surface area contributed by atoms with E-state index >= 15 is 0 Å². The largest absolute Gasteiger partial charge is 0.497 e. The number of methoxy groups -OCH3 is 2. The van der Waals surface area contributed by atoms with Crippen LogP contribution in [-0.4, -0.2) is 25.1 Å². The van der Waals surface area contributed by atoms with Crippen molar-refractivity contribution in [3.63, 3.8) is 0 Å². The Labute approximate surface area is 115 Å². The highest BCUT2D eigenvalue weighted by atomic mass is 32.1. The smallest absolute Gasteiger partial charge is 0.257 e. The fourth-order valence-corrected chi connectivity index (χ4v) is 2.18. The third kappa shape index (κ3) is 3.23. The van der Waals surface area contributed by atoms with Gasteiger partial charge in [0, 0.05) is 22.7 Å². The molecular formula is C13H14N2O3S. The van der Waals surface area contributed by atoms with Crippen LogP contribution in [0.1, 0.15) is 15.2 Å². The van der Waals surface area contributed by atoms with Gasteiger partial charge in [-0.1, -0.05) is 0 Å². The lowest BCUT2D eigenvalue weighted by Gasteiger charge is -2.07. The summed E-state index contributed by atoms with van der Waals surface area (Å²) in [6.07, 6.45) is 1.71. The zero-order valence-corrected chi connectivity index (χ0v) is 11.7. The van der Waals surface area contributed by atoms with Gasteiger partial charge in [-0.05, 0) is 19.1 Å². The Morgan fingerprint density at radius 1 is 1.21 bits per heavy atom. The number of carbonyl (C=O) groups excluding carboxylic acids is 1. The van der Waals surface area contributed by atoms with Gasteiger partial charge in [0.15, 0.2) is 5.13 Å². The minimum absolute atomic E-state index is 0.244. The summed E-state index contributed by atoms with van der Waals surface area (Å²) in [6, 6.07) is 5.01. The standard InChI is InChI=1S/C13H14N2O3S/c1-8-7-14-13(19-8)15-12(16)9-4-10(17-2)6-11(5-9)18-3/h4-7H,1-3H3,(H,14,15,16). The van der Waals surface area contributed by atoms with E-state index in [0.717, 1.165) is 4.88 Å². The molecule has 0 radical (unpaired) electrons. The van der Waals surface area contributed by atoms with Gasteiger partial charge >= 0.3 is 0 Å². The monoisotopic (exact) mass is 278 g/mol. The van der Waals surface area contributed by atoms with Crippen molar-refractivity contribution in [2.75, 3.05) is 19.5 Å². The van der Waals surface area contributed by atoms with Gasteiger partial charge in [0.05, 0.1) is 14.2 Å². The van der Waals surface area contributed by atoms with Crippen molar-refractivity contribution in [2.24, 2.45) is 0 Å². The SMILES string of the molecule is COc1cc(OC)cc(C(=O)Nc2ncc(C)s2)c1. The summed E-state index contributed by atoms with van der Waals surface area (Å²) < 4.78 is 10.3. The van der Waals surface area contributed by atoms with Crippen molar-refractivity contribution in [3.8, 4) is 11.5 Å². The molecule has 0 atom stereocenters. The molecule has 0 fully saturated rings. The Balaban J connectivity index is 2.22. The third-order valence-electron chi connectivity index (χ3n) is 2.46. The Morgan fingerprint density at radius 3 is 2.32 bits per heavy atom. The first kappa shape index (κ1) is 13.4. The van der Waals surface area contributed by atoms with Crippen LogP contribution in [0.3, 0.4) is 0 Å². The summed E-state index contributed by atoms with van der Waals surface area (Å²) in [5.74, 6) is 0.895. The van der Waals surface area contributed by atoms with Crippen LogP contribution in [0.2, 0.25) is 0 Å². The van der Waals surface area contributed by atoms with E-state index in [4.69, 9.17) is 9.47 Å². The summed E-state index contributed by atoms with van der Waals surface area (Å²) in [5, 5.41) is 3.31. The fourth-order valence-electron chi connectivity index (χ4n) is 1.52. The lowest BCUT2D eigenvalue weighted by Crippen LogP contribution is -2.11. The Kier molecular flexibility index (Phi) is 4.01. The number of aryl methyl sites for hydroxylation is 1. The molecule has 0 spiro atoms. The molecule has 0 bridgehead atoms. The Bertz CT molecular complexity index is 573. The Morgan fingerprint density at radius 2 is 1.84 bits per heavy atom. The fraction of sp³-hybridized carbons (Fsp3) is 0.231. The van der Waals surface area contributed by atoms with Gasteiger partial charge in [0.2, 0.25) is 0 Å². The minimum Gasteiger partial charge on any atom is -0.497 e. The zero-order chi connectivity index (χ0) is 13.8. The van der Waals surface area contributed by atoms with Crippen LogP contribution >= 0.6 is 11.3 Å². The summed E-state index contributed by atoms with van der Waals surface area (Å²) in [5.41, 5.74) is 0.462. The second-order valence-electron chi connectivity index (χ2n) is 3.83. The van der Waals surface area contributed by atoms with Crippen LogP contribution in [-0.2, 0) is 0 Å². The highest BCUT2D eigenvalue weighted by Crippen LogP contribution is 2.24. The maximum atomic E-state index is 12.1. The van der Waals surface area contributed by atoms with Crippen LogP contribution in [0, 0.1) is 6.92 Å². The molecule has 0 saturated heterocycles. The molecule has 5 nitrogen and oxygen atoms in total. The molecule has 2 aromatic rings. The van der Waals surface area contributed by atoms with Gasteiger partial charge in [0.25, 0.3) is 5.91 Å². The first-order chi connectivity index (χ1) is 9.12. The number of hydrogen-bond donors (Lipinski definition) is 1. The molecule has 0 unspecified atom stereocenters. The second-order valence-corrected chi connectivity index (χ2v) is 5.07. The first-order valence-electron chi connectivity index (χ1n) is 5.59. The molecule has 1 N–H and O–H groups in total. The number of hydrogen-bond acceptors (Lipinski definition) is 5. The molecule has 1 heterocycles. The van der Waals surface area contributed by atoms with Gasteiger partial charge < -0.3 is 9.47 Å². The maximum absolute atomic E-state index is 12.1. The predicted octanol–water partition coefficient (Wildman–Crippen LogP) is 2.72. The molecule has 1 aromatic heterocycles. The maximum Gasteiger partial charge on any atom is 0.257 e. The minimum atomic E-state index is -0.244. The van der Waals surface area contributed by atoms with Crippen LogP contribution in [0.15, 0.2) is 24.4 Å². The number of benzene rings is 1. The van der Waals surface area contributed by atoms with E-state index < -0.39 is 0 Å². The molecule has 0 saturated carbocycles. The van der Waals surface area contributed by atoms with Gasteiger partial charge in [0.1, 0.15) is 11.5 Å². The summed E-state index contributed by atoms with van der Waals surface area (Å²) in [7, 11) is 3.08. The van der Waals surface area contributed by atoms with Gasteiger partial charge in [-0.25, -0.2) is 4.98 Å². The molecule has 0 aliphatic carbocycles. The van der Waals surface area contributed by atoms with Gasteiger partial charge in [-0.2, -0.15) is 0 Å². The molecule has 0 aliphatic rings. The van der Waals surface area contributed by atoms with E-state index in [-0.39, 0.29) is 5.91 Å². The van der Waals surface area contributed by atoms with E-state index in [1.807, 2.05) is 6.92 Å². The van der Waals surface area contributed by atoms with Crippen molar-refractivity contribution in [3.05, 3.63) is 34.8 Å². The van der Waals surface area contributed by atoms with Crippen LogP contribution in [0.4, 0.5) is 5.13 Å². The second kappa shape index (κ2) is 5.71. The number of anilines is 1. The number of carbonyl (C=O) groups is 1. The van der Waals surface area contributed by atoms with E-state index in [1.54, 1.807) is 38.6 Å². The molecule has 0 aliphatic heterocycles. The number of nitrogens with zero attached hydrogens (tertiary/aromatic N) is 1. The average molecular weight is 278 g/mol. The van der Waals surface area contributed by atoms with Gasteiger partial charge in [-0.15, -0.1) is 11.3 Å². The topological polar surface area (TPSA) is 60.5 Å². The molecule has 2 rings (SSSR count). The lowest BCUT2D eigenvalue weighted by atomic mass is 10.2. The van der Waals surface area contributed by atoms with Gasteiger partial charge in [-0.3, -0.25) is 10.1 Å². The van der Waals surface area contributed by atoms with Crippen molar-refractivity contribution in [2.45, 2.75) is 6.92 Å². The van der Waals surface area contributed by atoms with E-state index in [2.05, 4.69) is 10.3 Å². The quantitative estimate of drug-likeness (QED) is 0.934. The van der Waals surface area contributed by atoms with Crippen molar-refractivity contribution in [1.82, 2.24) is 4.98 Å². The first-order valence-corrected chi connectivity index (χ1v) is 6.41. The number of amides is 1. The normalized spacial score (nSPS) is 10.1. The number of thiazole rings is 1. The van der Waals surface area contributed by atoms with Crippen molar-refractivity contribution < 1.29 is 14.3 Å². The number of rotatable bonds is 4. The highest BCUT2D eigenvalue weighted by molar-refractivity contribution is 7.15. The molecule has 1 amide bonds. The predicted molar refractivity (Wildman–Crippen MR) is 74.4 cm³/mol. The summed E-state index contributed by atoms with van der Waals surface area (Å²) >= 11 is 1.43. The zero-order valence-electron chi connectivity index (χ0n) is 10.9. The Hall–Kier alpha value is -2.08. The molecule has 100 valence electrons. The van der Waals surface area contributed by atoms with E-state index in [1.165, 1.54) is 11.3 Å².